The molecule has 0 atom stereocenters. The fourth-order valence-corrected chi connectivity index (χ4v) is 4.33. The van der Waals surface area contributed by atoms with Crippen LogP contribution in [0.4, 0.5) is 5.82 Å². The molecular weight excluding hydrogens is 456 g/mol. The number of rotatable bonds is 7. The molecule has 4 aromatic rings. The van der Waals surface area contributed by atoms with E-state index in [1.54, 1.807) is 7.11 Å². The lowest BCUT2D eigenvalue weighted by atomic mass is 10.2. The van der Waals surface area contributed by atoms with Crippen LogP contribution in [-0.4, -0.2) is 42.5 Å². The molecule has 0 bridgehead atoms. The molecule has 2 aromatic carbocycles. The van der Waals surface area contributed by atoms with E-state index in [1.807, 2.05) is 59.2 Å². The highest BCUT2D eigenvalue weighted by Gasteiger charge is 2.23. The second-order valence-corrected chi connectivity index (χ2v) is 8.30. The van der Waals surface area contributed by atoms with Gasteiger partial charge in [0.15, 0.2) is 16.8 Å². The van der Waals surface area contributed by atoms with E-state index in [0.29, 0.717) is 16.7 Å². The van der Waals surface area contributed by atoms with E-state index >= 15 is 0 Å². The largest absolute Gasteiger partial charge is 0.496 e. The number of thioether (sulfide) groups is 1. The summed E-state index contributed by atoms with van der Waals surface area (Å²) in [6.07, 6.45) is 0. The Morgan fingerprint density at radius 3 is 2.38 bits per heavy atom. The van der Waals surface area contributed by atoms with Gasteiger partial charge in [0.05, 0.1) is 18.4 Å². The lowest BCUT2D eigenvalue weighted by Crippen LogP contribution is -2.41. The number of nitrogens with two attached hydrogens (primary N) is 1. The van der Waals surface area contributed by atoms with Crippen molar-refractivity contribution >= 4 is 23.4 Å². The molecule has 0 saturated heterocycles. The van der Waals surface area contributed by atoms with Gasteiger partial charge >= 0.3 is 5.69 Å². The Hall–Kier alpha value is -4.12. The molecule has 4 rings (SSSR count). The second kappa shape index (κ2) is 9.40. The van der Waals surface area contributed by atoms with Gasteiger partial charge in [0.25, 0.3) is 5.56 Å². The third-order valence-corrected chi connectivity index (χ3v) is 6.25. The Morgan fingerprint density at radius 2 is 1.68 bits per heavy atom. The van der Waals surface area contributed by atoms with E-state index in [2.05, 4.69) is 10.2 Å². The van der Waals surface area contributed by atoms with Crippen LogP contribution in [0.5, 0.6) is 5.75 Å². The van der Waals surface area contributed by atoms with Gasteiger partial charge in [-0.05, 0) is 24.3 Å². The minimum atomic E-state index is -0.731. The van der Waals surface area contributed by atoms with Crippen LogP contribution in [0.1, 0.15) is 10.4 Å². The van der Waals surface area contributed by atoms with Crippen LogP contribution in [-0.2, 0) is 14.1 Å². The van der Waals surface area contributed by atoms with Gasteiger partial charge in [-0.15, -0.1) is 10.2 Å². The summed E-state index contributed by atoms with van der Waals surface area (Å²) in [4.78, 5) is 37.6. The Morgan fingerprint density at radius 1 is 1.00 bits per heavy atom. The van der Waals surface area contributed by atoms with Gasteiger partial charge in [-0.2, -0.15) is 0 Å². The van der Waals surface area contributed by atoms with Crippen molar-refractivity contribution in [1.29, 1.82) is 0 Å². The summed E-state index contributed by atoms with van der Waals surface area (Å²) in [5.74, 6) is 0.351. The van der Waals surface area contributed by atoms with E-state index < -0.39 is 17.0 Å². The van der Waals surface area contributed by atoms with E-state index in [1.165, 1.54) is 14.1 Å². The van der Waals surface area contributed by atoms with Crippen molar-refractivity contribution in [1.82, 2.24) is 23.9 Å². The summed E-state index contributed by atoms with van der Waals surface area (Å²) in [7, 11) is 4.29. The zero-order chi connectivity index (χ0) is 24.4. The maximum Gasteiger partial charge on any atom is 0.332 e. The van der Waals surface area contributed by atoms with Gasteiger partial charge < -0.3 is 10.5 Å². The topological polar surface area (TPSA) is 127 Å². The van der Waals surface area contributed by atoms with Crippen molar-refractivity contribution in [2.24, 2.45) is 14.1 Å². The van der Waals surface area contributed by atoms with Crippen molar-refractivity contribution < 1.29 is 9.53 Å². The number of para-hydroxylation sites is 2. The zero-order valence-corrected chi connectivity index (χ0v) is 19.6. The molecule has 0 unspecified atom stereocenters. The summed E-state index contributed by atoms with van der Waals surface area (Å²) in [5, 5.41) is 9.11. The van der Waals surface area contributed by atoms with Crippen LogP contribution >= 0.6 is 11.8 Å². The predicted octanol–water partition coefficient (Wildman–Crippen LogP) is 1.90. The fourth-order valence-electron chi connectivity index (χ4n) is 3.50. The lowest BCUT2D eigenvalue weighted by Gasteiger charge is -2.13. The van der Waals surface area contributed by atoms with Crippen molar-refractivity contribution in [2.45, 2.75) is 5.16 Å². The number of benzene rings is 2. The minimum absolute atomic E-state index is 0.130. The summed E-state index contributed by atoms with van der Waals surface area (Å²) < 4.78 is 9.25. The molecule has 10 nitrogen and oxygen atoms in total. The minimum Gasteiger partial charge on any atom is -0.496 e. The smallest absolute Gasteiger partial charge is 0.332 e. The number of aromatic nitrogens is 5. The first kappa shape index (κ1) is 23.1. The monoisotopic (exact) mass is 478 g/mol. The first-order valence-electron chi connectivity index (χ1n) is 10.2. The highest BCUT2D eigenvalue weighted by molar-refractivity contribution is 7.99. The summed E-state index contributed by atoms with van der Waals surface area (Å²) in [6.45, 7) is 0. The van der Waals surface area contributed by atoms with E-state index in [-0.39, 0.29) is 17.1 Å². The van der Waals surface area contributed by atoms with Crippen LogP contribution in [0.25, 0.3) is 17.1 Å². The van der Waals surface area contributed by atoms with Gasteiger partial charge in [-0.25, -0.2) is 4.79 Å². The zero-order valence-electron chi connectivity index (χ0n) is 18.8. The fraction of sp³-hybridized carbons (Fsp3) is 0.174. The number of carbonyl (C=O) groups is 1. The van der Waals surface area contributed by atoms with Gasteiger partial charge in [-0.3, -0.25) is 23.3 Å². The van der Waals surface area contributed by atoms with Crippen LogP contribution in [0.3, 0.4) is 0 Å². The molecule has 0 amide bonds. The molecule has 2 N–H and O–H groups in total. The molecule has 0 aliphatic heterocycles. The van der Waals surface area contributed by atoms with Crippen molar-refractivity contribution in [3.63, 3.8) is 0 Å². The van der Waals surface area contributed by atoms with Gasteiger partial charge in [-0.1, -0.05) is 42.1 Å². The molecular formula is C23H22N6O4S. The quantitative estimate of drug-likeness (QED) is 0.315. The second-order valence-electron chi connectivity index (χ2n) is 7.36. The Balaban J connectivity index is 1.75. The van der Waals surface area contributed by atoms with Crippen LogP contribution in [0, 0.1) is 0 Å². The van der Waals surface area contributed by atoms with E-state index in [9.17, 15) is 14.4 Å². The Labute approximate surface area is 198 Å². The molecule has 0 aliphatic carbocycles. The number of hydrogen-bond donors (Lipinski definition) is 1. The molecule has 2 aromatic heterocycles. The number of ketones is 1. The van der Waals surface area contributed by atoms with Gasteiger partial charge in [0.1, 0.15) is 17.1 Å². The molecule has 11 heteroatoms. The maximum atomic E-state index is 13.0. The highest BCUT2D eigenvalue weighted by atomic mass is 32.2. The van der Waals surface area contributed by atoms with Gasteiger partial charge in [0.2, 0.25) is 0 Å². The van der Waals surface area contributed by atoms with Crippen molar-refractivity contribution in [2.75, 3.05) is 18.6 Å². The molecule has 0 fully saturated rings. The average molecular weight is 479 g/mol. The average Bonchev–Trinajstić information content (AvgIpc) is 3.29. The number of nitrogens with zero attached hydrogens (tertiary/aromatic N) is 5. The Kier molecular flexibility index (Phi) is 6.37. The number of ether oxygens (including phenoxy) is 1. The summed E-state index contributed by atoms with van der Waals surface area (Å²) in [6, 6.07) is 16.9. The van der Waals surface area contributed by atoms with Crippen LogP contribution in [0.2, 0.25) is 0 Å². The number of hydrogen-bond acceptors (Lipinski definition) is 8. The number of methoxy groups -OCH3 is 1. The molecule has 174 valence electrons. The summed E-state index contributed by atoms with van der Waals surface area (Å²) >= 11 is 1.12. The normalized spacial score (nSPS) is 10.9. The third-order valence-electron chi connectivity index (χ3n) is 5.32. The molecule has 0 radical (unpaired) electrons. The molecule has 0 aliphatic rings. The van der Waals surface area contributed by atoms with Crippen LogP contribution in [0.15, 0.2) is 69.3 Å². The molecule has 34 heavy (non-hydrogen) atoms. The number of nitrogen functional groups attached to an aromatic ring is 1. The first-order chi connectivity index (χ1) is 16.3. The number of anilines is 1. The lowest BCUT2D eigenvalue weighted by molar-refractivity contribution is 0.102. The number of carbonyl (C=O) groups excluding carboxylic acids is 1. The first-order valence-corrected chi connectivity index (χ1v) is 11.2. The van der Waals surface area contributed by atoms with Crippen molar-refractivity contribution in [3.05, 3.63) is 81.0 Å². The highest BCUT2D eigenvalue weighted by Crippen LogP contribution is 2.33. The Bertz CT molecular complexity index is 1490. The molecule has 0 spiro atoms. The van der Waals surface area contributed by atoms with E-state index in [0.717, 1.165) is 32.1 Å². The van der Waals surface area contributed by atoms with Crippen molar-refractivity contribution in [3.8, 4) is 22.8 Å². The summed E-state index contributed by atoms with van der Waals surface area (Å²) in [5.41, 5.74) is 5.89. The SMILES string of the molecule is COc1ccccc1-c1nnc(SCC(=O)c2c(N)n(C)c(=O)n(C)c2=O)n1-c1ccccc1. The van der Waals surface area contributed by atoms with E-state index in [4.69, 9.17) is 10.5 Å². The molecule has 2 heterocycles. The third kappa shape index (κ3) is 4.01. The van der Waals surface area contributed by atoms with Gasteiger partial charge in [0, 0.05) is 19.8 Å². The number of Topliss-reactive ketones (excluding diaryl/α,β-unsaturated/α-hetero) is 1. The molecule has 0 saturated carbocycles. The maximum absolute atomic E-state index is 13.0. The van der Waals surface area contributed by atoms with Crippen LogP contribution < -0.4 is 21.7 Å². The standard InChI is InChI=1S/C23H22N6O4S/c1-27-19(24)18(21(31)28(2)23(27)32)16(30)13-34-22-26-25-20(15-11-7-8-12-17(15)33-3)29(22)14-9-5-4-6-10-14/h4-12H,13,24H2,1-3H3. The predicted molar refractivity (Wildman–Crippen MR) is 130 cm³/mol.